The lowest BCUT2D eigenvalue weighted by Gasteiger charge is -2.20. The summed E-state index contributed by atoms with van der Waals surface area (Å²) in [4.78, 5) is 23.0. The average molecular weight is 486 g/mol. The number of carbonyl (C=O) groups excluding carboxylic acids is 2. The normalized spacial score (nSPS) is 11.6. The van der Waals surface area contributed by atoms with Crippen molar-refractivity contribution in [2.24, 2.45) is 0 Å². The first kappa shape index (κ1) is 25.1. The van der Waals surface area contributed by atoms with Gasteiger partial charge in [0.25, 0.3) is 17.2 Å². The van der Waals surface area contributed by atoms with E-state index in [2.05, 4.69) is 10.6 Å². The predicted molar refractivity (Wildman–Crippen MR) is 125 cm³/mol. The lowest BCUT2D eigenvalue weighted by molar-refractivity contribution is -0.118. The molecule has 0 aromatic heterocycles. The zero-order valence-electron chi connectivity index (χ0n) is 17.1. The highest BCUT2D eigenvalue weighted by molar-refractivity contribution is 7.80. The molecule has 0 bridgehead atoms. The third-order valence-electron chi connectivity index (χ3n) is 4.48. The van der Waals surface area contributed by atoms with Crippen molar-refractivity contribution in [2.75, 3.05) is 23.9 Å². The highest BCUT2D eigenvalue weighted by Crippen LogP contribution is 2.26. The molecule has 31 heavy (non-hydrogen) atoms. The number of anilines is 1. The Kier molecular flexibility index (Phi) is 10.3. The number of halogens is 2. The highest BCUT2D eigenvalue weighted by Gasteiger charge is 2.15. The molecule has 0 aliphatic carbocycles. The molecule has 2 aromatic carbocycles. The minimum absolute atomic E-state index is 0.0716. The minimum atomic E-state index is -2.24. The number of carbonyl (C=O) groups is 2. The molecule has 0 spiro atoms. The number of nitrogens with one attached hydrogen (secondary N) is 2. The van der Waals surface area contributed by atoms with Crippen LogP contribution in [0.1, 0.15) is 35.7 Å². The van der Waals surface area contributed by atoms with Gasteiger partial charge in [-0.2, -0.15) is 0 Å². The second-order valence-corrected chi connectivity index (χ2v) is 8.48. The molecule has 0 fully saturated rings. The molecule has 0 aliphatic rings. The SMILES string of the molecule is CC(=O)NCCCCNC(=O)c1ccc(N(CCc2cccc(Cl)c2Cl)S(=O)O)cc1. The summed E-state index contributed by atoms with van der Waals surface area (Å²) in [7, 11) is 0. The van der Waals surface area contributed by atoms with Crippen LogP contribution < -0.4 is 14.9 Å². The van der Waals surface area contributed by atoms with Crippen molar-refractivity contribution in [3.8, 4) is 0 Å². The molecule has 10 heteroatoms. The Balaban J connectivity index is 1.91. The predicted octanol–water partition coefficient (Wildman–Crippen LogP) is 3.83. The first-order valence-electron chi connectivity index (χ1n) is 9.73. The van der Waals surface area contributed by atoms with Gasteiger partial charge in [-0.3, -0.25) is 18.4 Å². The van der Waals surface area contributed by atoms with Crippen LogP contribution in [0.5, 0.6) is 0 Å². The van der Waals surface area contributed by atoms with E-state index in [-0.39, 0.29) is 18.4 Å². The van der Waals surface area contributed by atoms with Crippen molar-refractivity contribution in [3.63, 3.8) is 0 Å². The minimum Gasteiger partial charge on any atom is -0.356 e. The van der Waals surface area contributed by atoms with Gasteiger partial charge in [0.05, 0.1) is 15.7 Å². The maximum absolute atomic E-state index is 12.2. The Morgan fingerprint density at radius 2 is 1.68 bits per heavy atom. The Morgan fingerprint density at radius 1 is 1.03 bits per heavy atom. The van der Waals surface area contributed by atoms with E-state index in [1.54, 1.807) is 36.4 Å². The number of nitrogens with zero attached hydrogens (tertiary/aromatic N) is 1. The molecule has 0 radical (unpaired) electrons. The quantitative estimate of drug-likeness (QED) is 0.332. The van der Waals surface area contributed by atoms with Gasteiger partial charge in [0.1, 0.15) is 0 Å². The van der Waals surface area contributed by atoms with Crippen LogP contribution in [0.25, 0.3) is 0 Å². The Hall–Kier alpha value is -2.13. The van der Waals surface area contributed by atoms with E-state index in [1.165, 1.54) is 11.2 Å². The lowest BCUT2D eigenvalue weighted by atomic mass is 10.1. The van der Waals surface area contributed by atoms with Gasteiger partial charge >= 0.3 is 0 Å². The topological polar surface area (TPSA) is 98.7 Å². The molecule has 0 heterocycles. The summed E-state index contributed by atoms with van der Waals surface area (Å²) in [6, 6.07) is 11.7. The number of unbranched alkanes of at least 4 members (excludes halogenated alkanes) is 1. The van der Waals surface area contributed by atoms with E-state index in [0.717, 1.165) is 18.4 Å². The molecule has 1 unspecified atom stereocenters. The number of hydrogen-bond donors (Lipinski definition) is 3. The number of rotatable bonds is 11. The Labute approximate surface area is 194 Å². The third-order valence-corrected chi connectivity index (χ3v) is 6.11. The lowest BCUT2D eigenvalue weighted by Crippen LogP contribution is -2.28. The molecule has 2 amide bonds. The smallest absolute Gasteiger partial charge is 0.261 e. The number of amides is 2. The second kappa shape index (κ2) is 12.7. The van der Waals surface area contributed by atoms with Gasteiger partial charge < -0.3 is 10.6 Å². The van der Waals surface area contributed by atoms with Crippen LogP contribution in [0.2, 0.25) is 10.0 Å². The van der Waals surface area contributed by atoms with Crippen LogP contribution in [0, 0.1) is 0 Å². The molecule has 2 aromatic rings. The number of hydrogen-bond acceptors (Lipinski definition) is 3. The zero-order chi connectivity index (χ0) is 22.8. The standard InChI is InChI=1S/C21H25Cl2N3O4S/c1-15(27)24-12-2-3-13-25-21(28)17-7-9-18(10-8-17)26(31(29)30)14-11-16-5-4-6-19(22)20(16)23/h4-10H,2-3,11-14H2,1H3,(H,24,27)(H,25,28)(H,29,30). The van der Waals surface area contributed by atoms with E-state index in [4.69, 9.17) is 23.2 Å². The monoisotopic (exact) mass is 485 g/mol. The van der Waals surface area contributed by atoms with Crippen LogP contribution in [0.4, 0.5) is 5.69 Å². The maximum atomic E-state index is 12.2. The molecule has 1 atom stereocenters. The Bertz CT molecular complexity index is 925. The second-order valence-electron chi connectivity index (χ2n) is 6.79. The molecule has 168 valence electrons. The van der Waals surface area contributed by atoms with E-state index < -0.39 is 11.3 Å². The van der Waals surface area contributed by atoms with Crippen molar-refractivity contribution >= 4 is 52.0 Å². The molecule has 0 saturated carbocycles. The maximum Gasteiger partial charge on any atom is 0.261 e. The first-order chi connectivity index (χ1) is 14.8. The van der Waals surface area contributed by atoms with Crippen LogP contribution in [0.3, 0.4) is 0 Å². The van der Waals surface area contributed by atoms with Crippen LogP contribution in [-0.4, -0.2) is 40.2 Å². The van der Waals surface area contributed by atoms with Gasteiger partial charge in [0.15, 0.2) is 0 Å². The molecular formula is C21H25Cl2N3O4S. The fourth-order valence-corrected chi connectivity index (χ4v) is 3.82. The number of benzene rings is 2. The van der Waals surface area contributed by atoms with Crippen molar-refractivity contribution in [3.05, 3.63) is 63.6 Å². The van der Waals surface area contributed by atoms with Crippen LogP contribution >= 0.6 is 23.2 Å². The fraction of sp³-hybridized carbons (Fsp3) is 0.333. The van der Waals surface area contributed by atoms with E-state index in [1.807, 2.05) is 6.07 Å². The van der Waals surface area contributed by atoms with Crippen molar-refractivity contribution in [1.29, 1.82) is 0 Å². The van der Waals surface area contributed by atoms with Crippen molar-refractivity contribution in [2.45, 2.75) is 26.2 Å². The summed E-state index contributed by atoms with van der Waals surface area (Å²) in [5.74, 6) is -0.300. The van der Waals surface area contributed by atoms with E-state index >= 15 is 0 Å². The Morgan fingerprint density at radius 3 is 2.29 bits per heavy atom. The zero-order valence-corrected chi connectivity index (χ0v) is 19.4. The van der Waals surface area contributed by atoms with Gasteiger partial charge in [0.2, 0.25) is 5.91 Å². The first-order valence-corrected chi connectivity index (χ1v) is 11.6. The molecule has 0 saturated heterocycles. The molecule has 0 aliphatic heterocycles. The fourth-order valence-electron chi connectivity index (χ4n) is 2.86. The summed E-state index contributed by atoms with van der Waals surface area (Å²) in [5.41, 5.74) is 1.73. The van der Waals surface area contributed by atoms with Crippen LogP contribution in [-0.2, 0) is 22.5 Å². The summed E-state index contributed by atoms with van der Waals surface area (Å²) in [6.07, 6.45) is 1.94. The van der Waals surface area contributed by atoms with Gasteiger partial charge in [-0.25, -0.2) is 4.21 Å². The summed E-state index contributed by atoms with van der Waals surface area (Å²) in [6.45, 7) is 2.77. The highest BCUT2D eigenvalue weighted by atomic mass is 35.5. The summed E-state index contributed by atoms with van der Waals surface area (Å²) >= 11 is 9.97. The van der Waals surface area contributed by atoms with E-state index in [9.17, 15) is 18.4 Å². The van der Waals surface area contributed by atoms with E-state index in [0.29, 0.717) is 40.8 Å². The van der Waals surface area contributed by atoms with Gasteiger partial charge in [-0.1, -0.05) is 35.3 Å². The van der Waals surface area contributed by atoms with Crippen LogP contribution in [0.15, 0.2) is 42.5 Å². The van der Waals surface area contributed by atoms with Crippen molar-refractivity contribution < 1.29 is 18.4 Å². The van der Waals surface area contributed by atoms with Gasteiger partial charge in [0, 0.05) is 32.1 Å². The average Bonchev–Trinajstić information content (AvgIpc) is 2.73. The molecular weight excluding hydrogens is 461 g/mol. The molecule has 3 N–H and O–H groups in total. The molecule has 2 rings (SSSR count). The van der Waals surface area contributed by atoms with Gasteiger partial charge in [-0.15, -0.1) is 0 Å². The van der Waals surface area contributed by atoms with Gasteiger partial charge in [-0.05, 0) is 55.2 Å². The van der Waals surface area contributed by atoms with Crippen molar-refractivity contribution in [1.82, 2.24) is 10.6 Å². The summed E-state index contributed by atoms with van der Waals surface area (Å²) in [5, 5.41) is 6.38. The summed E-state index contributed by atoms with van der Waals surface area (Å²) < 4.78 is 22.8. The third kappa shape index (κ3) is 8.14. The molecule has 7 nitrogen and oxygen atoms in total. The largest absolute Gasteiger partial charge is 0.356 e.